The van der Waals surface area contributed by atoms with Crippen molar-refractivity contribution in [2.45, 2.75) is 19.4 Å². The van der Waals surface area contributed by atoms with Crippen LogP contribution in [0.15, 0.2) is 18.2 Å². The summed E-state index contributed by atoms with van der Waals surface area (Å²) in [4.78, 5) is 0. The number of phenolic OH excluding ortho intramolecular Hbond substituents is 1. The molecular weight excluding hydrogens is 166 g/mol. The summed E-state index contributed by atoms with van der Waals surface area (Å²) in [5, 5.41) is 18.3. The van der Waals surface area contributed by atoms with Crippen LogP contribution in [0.3, 0.4) is 0 Å². The molecule has 0 unspecified atom stereocenters. The molecule has 0 aromatic heterocycles. The molecule has 1 atom stereocenters. The van der Waals surface area contributed by atoms with Gasteiger partial charge in [0.15, 0.2) is 0 Å². The highest BCUT2D eigenvalue weighted by molar-refractivity contribution is 5.38. The van der Waals surface area contributed by atoms with Crippen LogP contribution in [0.5, 0.6) is 5.75 Å². The van der Waals surface area contributed by atoms with Gasteiger partial charge in [0, 0.05) is 0 Å². The van der Waals surface area contributed by atoms with Gasteiger partial charge in [-0.15, -0.1) is 0 Å². The van der Waals surface area contributed by atoms with E-state index < -0.39 is 5.54 Å². The zero-order chi connectivity index (χ0) is 10.1. The molecule has 1 rings (SSSR count). The van der Waals surface area contributed by atoms with E-state index in [1.165, 1.54) is 0 Å². The summed E-state index contributed by atoms with van der Waals surface area (Å²) >= 11 is 0. The molecule has 0 spiro atoms. The molecule has 0 saturated carbocycles. The van der Waals surface area contributed by atoms with Gasteiger partial charge in [0.05, 0.1) is 12.1 Å². The van der Waals surface area contributed by atoms with E-state index in [4.69, 9.17) is 10.8 Å². The number of aliphatic hydroxyl groups excluding tert-OH is 1. The average molecular weight is 181 g/mol. The summed E-state index contributed by atoms with van der Waals surface area (Å²) in [5.41, 5.74) is 6.80. The van der Waals surface area contributed by atoms with Gasteiger partial charge in [0.1, 0.15) is 5.75 Å². The number of hydrogen-bond acceptors (Lipinski definition) is 3. The molecule has 0 heterocycles. The number of aliphatic hydroxyl groups is 1. The van der Waals surface area contributed by atoms with Crippen LogP contribution in [0.2, 0.25) is 0 Å². The number of phenols is 1. The highest BCUT2D eigenvalue weighted by Gasteiger charge is 2.22. The number of benzene rings is 1. The average Bonchev–Trinajstić information content (AvgIpc) is 2.09. The Morgan fingerprint density at radius 3 is 2.62 bits per heavy atom. The van der Waals surface area contributed by atoms with Crippen LogP contribution in [0, 0.1) is 6.92 Å². The summed E-state index contributed by atoms with van der Waals surface area (Å²) in [7, 11) is 0. The van der Waals surface area contributed by atoms with Crippen molar-refractivity contribution in [3.8, 4) is 5.75 Å². The maximum atomic E-state index is 9.26. The zero-order valence-electron chi connectivity index (χ0n) is 7.91. The largest absolute Gasteiger partial charge is 0.508 e. The Morgan fingerprint density at radius 2 is 2.08 bits per heavy atom. The van der Waals surface area contributed by atoms with E-state index in [1.807, 2.05) is 6.92 Å². The predicted octanol–water partition coefficient (Wildman–Crippen LogP) is 0.867. The van der Waals surface area contributed by atoms with Gasteiger partial charge < -0.3 is 15.9 Å². The van der Waals surface area contributed by atoms with Crippen molar-refractivity contribution in [3.63, 3.8) is 0 Å². The van der Waals surface area contributed by atoms with Gasteiger partial charge in [-0.3, -0.25) is 0 Å². The van der Waals surface area contributed by atoms with Crippen molar-refractivity contribution in [2.24, 2.45) is 5.73 Å². The minimum atomic E-state index is -0.789. The Labute approximate surface area is 77.8 Å². The molecule has 0 radical (unpaired) electrons. The fourth-order valence-electron chi connectivity index (χ4n) is 1.31. The van der Waals surface area contributed by atoms with Gasteiger partial charge in [-0.2, -0.15) is 0 Å². The Morgan fingerprint density at radius 1 is 1.46 bits per heavy atom. The summed E-state index contributed by atoms with van der Waals surface area (Å²) in [6.45, 7) is 3.49. The van der Waals surface area contributed by atoms with Crippen LogP contribution in [0.25, 0.3) is 0 Å². The van der Waals surface area contributed by atoms with Gasteiger partial charge in [-0.1, -0.05) is 6.07 Å². The molecular formula is C10H15NO2. The van der Waals surface area contributed by atoms with Crippen LogP contribution in [0.1, 0.15) is 18.1 Å². The lowest BCUT2D eigenvalue weighted by Crippen LogP contribution is -2.37. The summed E-state index contributed by atoms with van der Waals surface area (Å²) in [6, 6.07) is 4.98. The molecule has 0 amide bonds. The first-order valence-corrected chi connectivity index (χ1v) is 4.17. The molecule has 0 aliphatic rings. The smallest absolute Gasteiger partial charge is 0.115 e. The van der Waals surface area contributed by atoms with E-state index >= 15 is 0 Å². The predicted molar refractivity (Wildman–Crippen MR) is 51.5 cm³/mol. The number of nitrogens with two attached hydrogens (primary N) is 1. The van der Waals surface area contributed by atoms with Crippen LogP contribution in [-0.2, 0) is 5.54 Å². The zero-order valence-corrected chi connectivity index (χ0v) is 7.91. The molecule has 3 nitrogen and oxygen atoms in total. The van der Waals surface area contributed by atoms with Crippen molar-refractivity contribution in [1.29, 1.82) is 0 Å². The topological polar surface area (TPSA) is 66.5 Å². The Bertz CT molecular complexity index is 308. The lowest BCUT2D eigenvalue weighted by atomic mass is 9.90. The SMILES string of the molecule is Cc1ccc(O)cc1[C@@](C)(N)CO. The van der Waals surface area contributed by atoms with Crippen molar-refractivity contribution < 1.29 is 10.2 Å². The number of aryl methyl sites for hydroxylation is 1. The van der Waals surface area contributed by atoms with Gasteiger partial charge in [-0.25, -0.2) is 0 Å². The standard InChI is InChI=1S/C10H15NO2/c1-7-3-4-8(13)5-9(7)10(2,11)6-12/h3-5,12-13H,6,11H2,1-2H3/t10-/m0/s1. The minimum Gasteiger partial charge on any atom is -0.508 e. The molecule has 13 heavy (non-hydrogen) atoms. The van der Waals surface area contributed by atoms with Gasteiger partial charge >= 0.3 is 0 Å². The van der Waals surface area contributed by atoms with Crippen LogP contribution < -0.4 is 5.73 Å². The maximum absolute atomic E-state index is 9.26. The summed E-state index contributed by atoms with van der Waals surface area (Å²) < 4.78 is 0. The van der Waals surface area contributed by atoms with Crippen LogP contribution in [0.4, 0.5) is 0 Å². The Balaban J connectivity index is 3.20. The third kappa shape index (κ3) is 1.99. The van der Waals surface area contributed by atoms with Crippen LogP contribution >= 0.6 is 0 Å². The van der Waals surface area contributed by atoms with Crippen molar-refractivity contribution in [1.82, 2.24) is 0 Å². The van der Waals surface area contributed by atoms with E-state index in [1.54, 1.807) is 25.1 Å². The monoisotopic (exact) mass is 181 g/mol. The second kappa shape index (κ2) is 3.36. The molecule has 0 saturated heterocycles. The van der Waals surface area contributed by atoms with E-state index in [0.717, 1.165) is 11.1 Å². The summed E-state index contributed by atoms with van der Waals surface area (Å²) in [6.07, 6.45) is 0. The van der Waals surface area contributed by atoms with Crippen LogP contribution in [-0.4, -0.2) is 16.8 Å². The maximum Gasteiger partial charge on any atom is 0.115 e. The fourth-order valence-corrected chi connectivity index (χ4v) is 1.31. The quantitative estimate of drug-likeness (QED) is 0.634. The number of aromatic hydroxyl groups is 1. The molecule has 1 aromatic carbocycles. The first-order chi connectivity index (χ1) is 5.97. The molecule has 0 bridgehead atoms. The third-order valence-electron chi connectivity index (χ3n) is 2.16. The first-order valence-electron chi connectivity index (χ1n) is 4.17. The highest BCUT2D eigenvalue weighted by Crippen LogP contribution is 2.24. The number of hydrogen-bond donors (Lipinski definition) is 3. The normalized spacial score (nSPS) is 15.4. The number of rotatable bonds is 2. The molecule has 72 valence electrons. The molecule has 3 heteroatoms. The van der Waals surface area contributed by atoms with Gasteiger partial charge in [0.25, 0.3) is 0 Å². The third-order valence-corrected chi connectivity index (χ3v) is 2.16. The van der Waals surface area contributed by atoms with Gasteiger partial charge in [0.2, 0.25) is 0 Å². The molecule has 4 N–H and O–H groups in total. The first kappa shape index (κ1) is 10.0. The van der Waals surface area contributed by atoms with E-state index in [2.05, 4.69) is 0 Å². The highest BCUT2D eigenvalue weighted by atomic mass is 16.3. The van der Waals surface area contributed by atoms with Crippen molar-refractivity contribution in [3.05, 3.63) is 29.3 Å². The van der Waals surface area contributed by atoms with Gasteiger partial charge in [-0.05, 0) is 37.1 Å². The summed E-state index contributed by atoms with van der Waals surface area (Å²) in [5.74, 6) is 0.172. The lowest BCUT2D eigenvalue weighted by molar-refractivity contribution is 0.209. The lowest BCUT2D eigenvalue weighted by Gasteiger charge is -2.24. The minimum absolute atomic E-state index is 0.142. The van der Waals surface area contributed by atoms with E-state index in [-0.39, 0.29) is 12.4 Å². The second-order valence-corrected chi connectivity index (χ2v) is 3.57. The van der Waals surface area contributed by atoms with Crippen molar-refractivity contribution in [2.75, 3.05) is 6.61 Å². The Kier molecular flexibility index (Phi) is 2.59. The molecule has 0 aliphatic heterocycles. The Hall–Kier alpha value is -1.06. The van der Waals surface area contributed by atoms with E-state index in [9.17, 15) is 5.11 Å². The molecule has 0 fully saturated rings. The second-order valence-electron chi connectivity index (χ2n) is 3.57. The molecule has 1 aromatic rings. The van der Waals surface area contributed by atoms with E-state index in [0.29, 0.717) is 0 Å². The molecule has 0 aliphatic carbocycles. The van der Waals surface area contributed by atoms with Crippen molar-refractivity contribution >= 4 is 0 Å². The fraction of sp³-hybridized carbons (Fsp3) is 0.400.